The highest BCUT2D eigenvalue weighted by atomic mass is 35.5. The number of carbonyl (C=O) groups excluding carboxylic acids is 3. The molecule has 3 rings (SSSR count). The normalized spacial score (nSPS) is 15.9. The first-order valence-corrected chi connectivity index (χ1v) is 11.2. The van der Waals surface area contributed by atoms with Crippen LogP contribution in [-0.4, -0.2) is 41.4 Å². The molecule has 1 aliphatic heterocycles. The van der Waals surface area contributed by atoms with Gasteiger partial charge in [-0.25, -0.2) is 4.79 Å². The second-order valence-corrected chi connectivity index (χ2v) is 10.4. The third-order valence-electron chi connectivity index (χ3n) is 5.15. The molecule has 7 nitrogen and oxygen atoms in total. The zero-order valence-electron chi connectivity index (χ0n) is 18.3. The van der Waals surface area contributed by atoms with Gasteiger partial charge in [-0.2, -0.15) is 0 Å². The van der Waals surface area contributed by atoms with E-state index in [-0.39, 0.29) is 17.2 Å². The van der Waals surface area contributed by atoms with Crippen molar-refractivity contribution >= 4 is 51.5 Å². The molecule has 1 aromatic carbocycles. The maximum atomic E-state index is 13.5. The summed E-state index contributed by atoms with van der Waals surface area (Å²) in [7, 11) is 0. The molecular formula is C22H27ClN4O3S. The summed E-state index contributed by atoms with van der Waals surface area (Å²) in [5, 5.41) is 9.15. The molecule has 1 aliphatic rings. The van der Waals surface area contributed by atoms with Crippen molar-refractivity contribution in [2.75, 3.05) is 23.7 Å². The second kappa shape index (κ2) is 8.51. The van der Waals surface area contributed by atoms with Gasteiger partial charge in [0.1, 0.15) is 10.5 Å². The summed E-state index contributed by atoms with van der Waals surface area (Å²) in [6, 6.07) is 8.22. The molecule has 0 radical (unpaired) electrons. The van der Waals surface area contributed by atoms with Crippen molar-refractivity contribution in [1.29, 1.82) is 0 Å². The Balaban J connectivity index is 1.92. The van der Waals surface area contributed by atoms with Crippen molar-refractivity contribution in [1.82, 2.24) is 10.2 Å². The summed E-state index contributed by atoms with van der Waals surface area (Å²) in [6.07, 6.45) is 0. The Morgan fingerprint density at radius 3 is 2.52 bits per heavy atom. The van der Waals surface area contributed by atoms with Crippen molar-refractivity contribution < 1.29 is 14.4 Å². The Morgan fingerprint density at radius 2 is 1.87 bits per heavy atom. The zero-order chi connectivity index (χ0) is 23.0. The Morgan fingerprint density at radius 1 is 1.19 bits per heavy atom. The molecule has 31 heavy (non-hydrogen) atoms. The van der Waals surface area contributed by atoms with E-state index in [1.165, 1.54) is 11.3 Å². The van der Waals surface area contributed by atoms with Gasteiger partial charge in [-0.3, -0.25) is 14.9 Å². The number of urea groups is 1. The number of nitrogens with zero attached hydrogens (tertiary/aromatic N) is 1. The summed E-state index contributed by atoms with van der Waals surface area (Å²) in [6.45, 7) is 10.3. The van der Waals surface area contributed by atoms with Crippen molar-refractivity contribution in [3.05, 3.63) is 45.8 Å². The van der Waals surface area contributed by atoms with Crippen LogP contribution in [0.2, 0.25) is 5.02 Å². The standard InChI is InChI=1S/C22H27ClN4O3S/c1-21(2,3)16-12-13(18(28)27-11-10-24-19(29)22(27,4)5)17(31-16)26-20(30)25-15-9-7-6-8-14(15)23/h6-9,12H,10-11H2,1-5H3,(H,24,29)(H2,25,26,30). The fourth-order valence-electron chi connectivity index (χ4n) is 3.23. The van der Waals surface area contributed by atoms with Crippen molar-refractivity contribution in [2.24, 2.45) is 0 Å². The van der Waals surface area contributed by atoms with E-state index < -0.39 is 11.6 Å². The lowest BCUT2D eigenvalue weighted by Crippen LogP contribution is -2.63. The van der Waals surface area contributed by atoms with Crippen LogP contribution in [0, 0.1) is 0 Å². The molecular weight excluding hydrogens is 436 g/mol. The summed E-state index contributed by atoms with van der Waals surface area (Å²) < 4.78 is 0. The van der Waals surface area contributed by atoms with E-state index >= 15 is 0 Å². The summed E-state index contributed by atoms with van der Waals surface area (Å²) >= 11 is 7.47. The first-order valence-electron chi connectivity index (χ1n) is 9.98. The van der Waals surface area contributed by atoms with Gasteiger partial charge in [0.25, 0.3) is 5.91 Å². The molecule has 1 fully saturated rings. The second-order valence-electron chi connectivity index (χ2n) is 8.93. The van der Waals surface area contributed by atoms with Gasteiger partial charge in [-0.05, 0) is 37.5 Å². The molecule has 166 valence electrons. The highest BCUT2D eigenvalue weighted by Gasteiger charge is 2.42. The molecule has 4 amide bonds. The smallest absolute Gasteiger partial charge is 0.324 e. The first-order chi connectivity index (χ1) is 14.4. The number of amides is 4. The van der Waals surface area contributed by atoms with Gasteiger partial charge in [0.05, 0.1) is 16.3 Å². The van der Waals surface area contributed by atoms with Crippen molar-refractivity contribution in [3.8, 4) is 0 Å². The van der Waals surface area contributed by atoms with Gasteiger partial charge in [-0.1, -0.05) is 44.5 Å². The molecule has 1 aromatic heterocycles. The maximum absolute atomic E-state index is 13.5. The van der Waals surface area contributed by atoms with Crippen molar-refractivity contribution in [3.63, 3.8) is 0 Å². The van der Waals surface area contributed by atoms with Crippen LogP contribution in [0.3, 0.4) is 0 Å². The quantitative estimate of drug-likeness (QED) is 0.617. The lowest BCUT2D eigenvalue weighted by molar-refractivity contribution is -0.133. The maximum Gasteiger partial charge on any atom is 0.324 e. The van der Waals surface area contributed by atoms with Crippen LogP contribution in [0.15, 0.2) is 30.3 Å². The number of hydrogen-bond donors (Lipinski definition) is 3. The van der Waals surface area contributed by atoms with Crippen LogP contribution < -0.4 is 16.0 Å². The largest absolute Gasteiger partial charge is 0.352 e. The van der Waals surface area contributed by atoms with E-state index in [0.717, 1.165) is 4.88 Å². The fourth-order valence-corrected chi connectivity index (χ4v) is 4.52. The molecule has 1 saturated heterocycles. The number of hydrogen-bond acceptors (Lipinski definition) is 4. The van der Waals surface area contributed by atoms with Crippen LogP contribution >= 0.6 is 22.9 Å². The van der Waals surface area contributed by atoms with Crippen LogP contribution in [0.5, 0.6) is 0 Å². The monoisotopic (exact) mass is 462 g/mol. The predicted molar refractivity (Wildman–Crippen MR) is 125 cm³/mol. The SMILES string of the molecule is CC(C)(C)c1cc(C(=O)N2CCNC(=O)C2(C)C)c(NC(=O)Nc2ccccc2Cl)s1. The minimum Gasteiger partial charge on any atom is -0.352 e. The number of thiophene rings is 1. The number of anilines is 2. The first kappa shape index (κ1) is 23.1. The minimum atomic E-state index is -0.990. The molecule has 0 spiro atoms. The fraction of sp³-hybridized carbons (Fsp3) is 0.409. The van der Waals surface area contributed by atoms with Gasteiger partial charge in [0.2, 0.25) is 5.91 Å². The number of benzene rings is 1. The summed E-state index contributed by atoms with van der Waals surface area (Å²) in [5.41, 5.74) is -0.368. The van der Waals surface area contributed by atoms with Gasteiger partial charge in [0.15, 0.2) is 0 Å². The topological polar surface area (TPSA) is 90.5 Å². The van der Waals surface area contributed by atoms with E-state index in [9.17, 15) is 14.4 Å². The number of piperazine rings is 1. The van der Waals surface area contributed by atoms with Gasteiger partial charge in [0, 0.05) is 18.0 Å². The van der Waals surface area contributed by atoms with E-state index in [0.29, 0.717) is 34.4 Å². The third kappa shape index (κ3) is 4.85. The van der Waals surface area contributed by atoms with Gasteiger partial charge in [-0.15, -0.1) is 11.3 Å². The molecule has 0 bridgehead atoms. The lowest BCUT2D eigenvalue weighted by Gasteiger charge is -2.41. The molecule has 3 N–H and O–H groups in total. The molecule has 9 heteroatoms. The number of halogens is 1. The highest BCUT2D eigenvalue weighted by molar-refractivity contribution is 7.16. The zero-order valence-corrected chi connectivity index (χ0v) is 19.8. The summed E-state index contributed by atoms with van der Waals surface area (Å²) in [5.74, 6) is -0.496. The van der Waals surface area contributed by atoms with Crippen LogP contribution in [0.25, 0.3) is 0 Å². The number of rotatable bonds is 3. The average Bonchev–Trinajstić information content (AvgIpc) is 3.09. The van der Waals surface area contributed by atoms with Crippen LogP contribution in [0.4, 0.5) is 15.5 Å². The van der Waals surface area contributed by atoms with E-state index in [1.807, 2.05) is 20.8 Å². The van der Waals surface area contributed by atoms with E-state index in [1.54, 1.807) is 49.1 Å². The van der Waals surface area contributed by atoms with Crippen LogP contribution in [0.1, 0.15) is 49.9 Å². The summed E-state index contributed by atoms with van der Waals surface area (Å²) in [4.78, 5) is 41.0. The Bertz CT molecular complexity index is 1030. The van der Waals surface area contributed by atoms with Gasteiger partial charge < -0.3 is 15.5 Å². The molecule has 0 atom stereocenters. The average molecular weight is 463 g/mol. The predicted octanol–water partition coefficient (Wildman–Crippen LogP) is 4.69. The Labute approximate surface area is 191 Å². The van der Waals surface area contributed by atoms with Crippen LogP contribution in [-0.2, 0) is 10.2 Å². The molecule has 2 aromatic rings. The molecule has 0 saturated carbocycles. The Kier molecular flexibility index (Phi) is 6.34. The van der Waals surface area contributed by atoms with E-state index in [2.05, 4.69) is 16.0 Å². The minimum absolute atomic E-state index is 0.204. The van der Waals surface area contributed by atoms with Crippen molar-refractivity contribution in [2.45, 2.75) is 45.6 Å². The number of para-hydroxylation sites is 1. The number of carbonyl (C=O) groups is 3. The lowest BCUT2D eigenvalue weighted by atomic mass is 9.93. The van der Waals surface area contributed by atoms with Gasteiger partial charge >= 0.3 is 6.03 Å². The molecule has 0 unspecified atom stereocenters. The Hall–Kier alpha value is -2.58. The third-order valence-corrected chi connectivity index (χ3v) is 6.95. The molecule has 2 heterocycles. The highest BCUT2D eigenvalue weighted by Crippen LogP contribution is 2.38. The molecule has 0 aliphatic carbocycles. The number of nitrogens with one attached hydrogen (secondary N) is 3. The van der Waals surface area contributed by atoms with E-state index in [4.69, 9.17) is 11.6 Å².